The summed E-state index contributed by atoms with van der Waals surface area (Å²) in [5, 5.41) is 12.9. The molecule has 9 heteroatoms. The highest BCUT2D eigenvalue weighted by Crippen LogP contribution is 2.30. The van der Waals surface area contributed by atoms with E-state index < -0.39 is 0 Å². The molecule has 188 valence electrons. The fourth-order valence-corrected chi connectivity index (χ4v) is 5.85. The molecule has 1 atom stereocenters. The summed E-state index contributed by atoms with van der Waals surface area (Å²) >= 11 is 6.68. The van der Waals surface area contributed by atoms with Gasteiger partial charge in [0.25, 0.3) is 5.91 Å². The number of amidine groups is 1. The Hall–Kier alpha value is -3.15. The Morgan fingerprint density at radius 2 is 1.97 bits per heavy atom. The molecule has 2 saturated heterocycles. The lowest BCUT2D eigenvalue weighted by atomic mass is 9.97. The molecule has 1 aromatic heterocycles. The van der Waals surface area contributed by atoms with Gasteiger partial charge in [-0.1, -0.05) is 18.5 Å². The van der Waals surface area contributed by atoms with Crippen LogP contribution in [0.4, 0.5) is 5.82 Å². The molecule has 1 amide bonds. The van der Waals surface area contributed by atoms with Crippen LogP contribution in [-0.2, 0) is 0 Å². The Kier molecular flexibility index (Phi) is 7.40. The van der Waals surface area contributed by atoms with Crippen LogP contribution < -0.4 is 10.2 Å². The predicted octanol–water partition coefficient (Wildman–Crippen LogP) is 3.16. The Morgan fingerprint density at radius 1 is 1.19 bits per heavy atom. The van der Waals surface area contributed by atoms with E-state index in [2.05, 4.69) is 33.1 Å². The van der Waals surface area contributed by atoms with Crippen LogP contribution in [0, 0.1) is 11.3 Å². The van der Waals surface area contributed by atoms with Gasteiger partial charge in [0.2, 0.25) is 0 Å². The monoisotopic (exact) mass is 505 g/mol. The molecule has 1 N–H and O–H groups in total. The highest BCUT2D eigenvalue weighted by molar-refractivity contribution is 6.33. The Morgan fingerprint density at radius 3 is 2.61 bits per heavy atom. The molecule has 0 aliphatic carbocycles. The van der Waals surface area contributed by atoms with E-state index in [4.69, 9.17) is 21.8 Å². The van der Waals surface area contributed by atoms with Gasteiger partial charge in [-0.05, 0) is 49.6 Å². The van der Waals surface area contributed by atoms with Gasteiger partial charge in [-0.15, -0.1) is 0 Å². The van der Waals surface area contributed by atoms with Crippen molar-refractivity contribution in [1.82, 2.24) is 20.1 Å². The third-order valence-electron chi connectivity index (χ3n) is 7.55. The molecule has 0 bridgehead atoms. The molecule has 36 heavy (non-hydrogen) atoms. The number of carbonyl (C=O) groups is 1. The zero-order chi connectivity index (χ0) is 25.1. The number of piperazine rings is 1. The quantitative estimate of drug-likeness (QED) is 0.671. The normalized spacial score (nSPS) is 21.1. The molecule has 0 saturated carbocycles. The van der Waals surface area contributed by atoms with E-state index in [0.717, 1.165) is 82.3 Å². The predicted molar refractivity (Wildman–Crippen MR) is 142 cm³/mol. The molecular weight excluding hydrogens is 474 g/mol. The minimum Gasteiger partial charge on any atom is -0.368 e. The number of anilines is 1. The fraction of sp³-hybridized carbons (Fsp3) is 0.481. The summed E-state index contributed by atoms with van der Waals surface area (Å²) in [6.07, 6.45) is 4.87. The van der Waals surface area contributed by atoms with Crippen molar-refractivity contribution >= 4 is 29.2 Å². The average Bonchev–Trinajstić information content (AvgIpc) is 3.48. The molecule has 1 aromatic carbocycles. The second-order valence-electron chi connectivity index (χ2n) is 9.64. The van der Waals surface area contributed by atoms with Crippen LogP contribution in [0.25, 0.3) is 0 Å². The molecule has 3 aliphatic heterocycles. The van der Waals surface area contributed by atoms with Crippen molar-refractivity contribution in [3.63, 3.8) is 0 Å². The van der Waals surface area contributed by atoms with E-state index in [-0.39, 0.29) is 5.91 Å². The molecule has 0 radical (unpaired) electrons. The van der Waals surface area contributed by atoms with Gasteiger partial charge in [-0.3, -0.25) is 14.7 Å². The maximum absolute atomic E-state index is 12.9. The molecule has 4 heterocycles. The number of pyridine rings is 1. The molecule has 1 unspecified atom stereocenters. The third kappa shape index (κ3) is 5.04. The van der Waals surface area contributed by atoms with Gasteiger partial charge in [-0.2, -0.15) is 5.26 Å². The minimum atomic E-state index is 0.0535. The number of nitrogens with zero attached hydrogens (tertiary/aromatic N) is 6. The number of nitrogens with one attached hydrogen (secondary N) is 1. The number of carbonyl (C=O) groups excluding carboxylic acids is 1. The zero-order valence-corrected chi connectivity index (χ0v) is 21.4. The van der Waals surface area contributed by atoms with Crippen LogP contribution in [0.15, 0.2) is 41.5 Å². The van der Waals surface area contributed by atoms with Crippen molar-refractivity contribution in [2.45, 2.75) is 38.3 Å². The van der Waals surface area contributed by atoms with Crippen molar-refractivity contribution in [1.29, 1.82) is 5.26 Å². The summed E-state index contributed by atoms with van der Waals surface area (Å²) in [6.45, 7) is 8.14. The maximum Gasteiger partial charge on any atom is 0.253 e. The van der Waals surface area contributed by atoms with Crippen LogP contribution in [0.2, 0.25) is 5.02 Å². The summed E-state index contributed by atoms with van der Waals surface area (Å²) in [6, 6.07) is 11.9. The van der Waals surface area contributed by atoms with Crippen LogP contribution in [0.1, 0.15) is 47.7 Å². The zero-order valence-electron chi connectivity index (χ0n) is 20.7. The van der Waals surface area contributed by atoms with Gasteiger partial charge < -0.3 is 15.1 Å². The van der Waals surface area contributed by atoms with E-state index in [1.807, 2.05) is 17.2 Å². The molecule has 2 fully saturated rings. The number of hydrogen-bond acceptors (Lipinski definition) is 7. The fourth-order valence-electron chi connectivity index (χ4n) is 5.56. The summed E-state index contributed by atoms with van der Waals surface area (Å²) in [7, 11) is 0. The molecule has 5 rings (SSSR count). The van der Waals surface area contributed by atoms with E-state index in [9.17, 15) is 4.79 Å². The first-order valence-corrected chi connectivity index (χ1v) is 13.2. The van der Waals surface area contributed by atoms with Gasteiger partial charge in [0.1, 0.15) is 11.7 Å². The number of aromatic nitrogens is 1. The molecule has 3 aliphatic rings. The Labute approximate surface area is 217 Å². The van der Waals surface area contributed by atoms with E-state index in [0.29, 0.717) is 28.2 Å². The van der Waals surface area contributed by atoms with Crippen molar-refractivity contribution in [3.05, 3.63) is 58.2 Å². The van der Waals surface area contributed by atoms with Gasteiger partial charge in [-0.25, -0.2) is 4.98 Å². The van der Waals surface area contributed by atoms with Crippen molar-refractivity contribution in [3.8, 4) is 6.07 Å². The Balaban J connectivity index is 1.19. The lowest BCUT2D eigenvalue weighted by molar-refractivity contribution is 0.0491. The number of nitriles is 1. The van der Waals surface area contributed by atoms with E-state index >= 15 is 0 Å². The number of amides is 1. The third-order valence-corrected chi connectivity index (χ3v) is 7.83. The number of piperidine rings is 1. The first kappa shape index (κ1) is 24.5. The maximum atomic E-state index is 12.9. The first-order chi connectivity index (χ1) is 17.6. The molecule has 8 nitrogen and oxygen atoms in total. The average molecular weight is 506 g/mol. The van der Waals surface area contributed by atoms with Crippen LogP contribution in [-0.4, -0.2) is 84.4 Å². The van der Waals surface area contributed by atoms with E-state index in [1.165, 1.54) is 0 Å². The topological polar surface area (TPSA) is 87.9 Å². The minimum absolute atomic E-state index is 0.0535. The van der Waals surface area contributed by atoms with Gasteiger partial charge in [0.05, 0.1) is 23.2 Å². The van der Waals surface area contributed by atoms with Gasteiger partial charge >= 0.3 is 0 Å². The number of hydrogen-bond donors (Lipinski definition) is 1. The number of benzene rings is 1. The van der Waals surface area contributed by atoms with Crippen molar-refractivity contribution in [2.75, 3.05) is 50.7 Å². The smallest absolute Gasteiger partial charge is 0.253 e. The van der Waals surface area contributed by atoms with Gasteiger partial charge in [0.15, 0.2) is 0 Å². The molecule has 2 aromatic rings. The van der Waals surface area contributed by atoms with Crippen LogP contribution in [0.3, 0.4) is 0 Å². The highest BCUT2D eigenvalue weighted by atomic mass is 35.5. The lowest BCUT2D eigenvalue weighted by Gasteiger charge is -2.47. The van der Waals surface area contributed by atoms with Crippen LogP contribution in [0.5, 0.6) is 0 Å². The second-order valence-corrected chi connectivity index (χ2v) is 10.1. The summed E-state index contributed by atoms with van der Waals surface area (Å²) < 4.78 is 0. The van der Waals surface area contributed by atoms with E-state index in [1.54, 1.807) is 24.3 Å². The number of likely N-dealkylation sites (tertiary alicyclic amines) is 1. The summed E-state index contributed by atoms with van der Waals surface area (Å²) in [4.78, 5) is 29.0. The first-order valence-electron chi connectivity index (χ1n) is 12.8. The SMILES string of the molecule is CCC1CN(c2ncc(C3=NCCN3)cc2Cl)CCN1C1CCN(C(=O)c2ccc(C#N)cc2)CC1. The van der Waals surface area contributed by atoms with Crippen molar-refractivity contribution in [2.24, 2.45) is 4.99 Å². The Bertz CT molecular complexity index is 1170. The van der Waals surface area contributed by atoms with Crippen LogP contribution >= 0.6 is 11.6 Å². The number of halogens is 1. The molecule has 0 spiro atoms. The standard InChI is InChI=1S/C27H32ClN7O/c1-2-22-18-34(26-24(28)15-21(17-32-26)25-30-9-10-31-25)13-14-35(22)23-7-11-33(12-8-23)27(36)20-5-3-19(16-29)4-6-20/h3-6,15,17,22-23H,2,7-14,18H2,1H3,(H,30,31). The summed E-state index contributed by atoms with van der Waals surface area (Å²) in [5.74, 6) is 1.77. The lowest BCUT2D eigenvalue weighted by Crippen LogP contribution is -2.58. The number of aliphatic imine (C=N–C) groups is 1. The van der Waals surface area contributed by atoms with Crippen molar-refractivity contribution < 1.29 is 4.79 Å². The summed E-state index contributed by atoms with van der Waals surface area (Å²) in [5.41, 5.74) is 2.16. The largest absolute Gasteiger partial charge is 0.368 e. The van der Waals surface area contributed by atoms with Gasteiger partial charge in [0, 0.05) is 68.7 Å². The second kappa shape index (κ2) is 10.9. The molecular formula is C27H32ClN7O. The number of rotatable bonds is 5. The highest BCUT2D eigenvalue weighted by Gasteiger charge is 2.35.